The number of thioether (sulfide) groups is 1. The summed E-state index contributed by atoms with van der Waals surface area (Å²) in [6.07, 6.45) is -0.0878. The fourth-order valence-corrected chi connectivity index (χ4v) is 2.01. The first-order valence-electron chi connectivity index (χ1n) is 4.75. The minimum absolute atomic E-state index is 0.0298. The second kappa shape index (κ2) is 5.84. The van der Waals surface area contributed by atoms with Gasteiger partial charge in [-0.15, -0.1) is 0 Å². The Morgan fingerprint density at radius 3 is 2.50 bits per heavy atom. The van der Waals surface area contributed by atoms with E-state index in [1.54, 1.807) is 18.2 Å². The van der Waals surface area contributed by atoms with E-state index in [9.17, 15) is 13.6 Å². The largest absolute Gasteiger partial charge is 0.481 e. The summed E-state index contributed by atoms with van der Waals surface area (Å²) in [7, 11) is 0. The van der Waals surface area contributed by atoms with Crippen molar-refractivity contribution in [3.05, 3.63) is 35.9 Å². The summed E-state index contributed by atoms with van der Waals surface area (Å²) in [5.74, 6) is -4.04. The second-order valence-corrected chi connectivity index (χ2v) is 4.37. The van der Waals surface area contributed by atoms with E-state index >= 15 is 0 Å². The van der Waals surface area contributed by atoms with E-state index in [0.717, 1.165) is 11.8 Å². The van der Waals surface area contributed by atoms with Gasteiger partial charge in [0.2, 0.25) is 0 Å². The van der Waals surface area contributed by atoms with E-state index in [0.29, 0.717) is 0 Å². The Labute approximate surface area is 96.7 Å². The molecule has 1 aromatic carbocycles. The highest BCUT2D eigenvalue weighted by Crippen LogP contribution is 2.31. The van der Waals surface area contributed by atoms with E-state index in [2.05, 4.69) is 0 Å². The van der Waals surface area contributed by atoms with E-state index in [4.69, 9.17) is 5.11 Å². The Balaban J connectivity index is 2.43. The molecule has 0 atom stereocenters. The Morgan fingerprint density at radius 1 is 1.31 bits per heavy atom. The highest BCUT2D eigenvalue weighted by atomic mass is 32.2. The molecule has 16 heavy (non-hydrogen) atoms. The number of carboxylic acid groups (broad SMARTS) is 1. The van der Waals surface area contributed by atoms with Crippen LogP contribution in [-0.2, 0) is 10.7 Å². The molecule has 0 saturated heterocycles. The maximum absolute atomic E-state index is 13.5. The lowest BCUT2D eigenvalue weighted by atomic mass is 10.1. The fourth-order valence-electron chi connectivity index (χ4n) is 1.13. The molecule has 0 aliphatic heterocycles. The first kappa shape index (κ1) is 13.0. The number of alkyl halides is 2. The molecule has 2 nitrogen and oxygen atoms in total. The van der Waals surface area contributed by atoms with Gasteiger partial charge in [0.15, 0.2) is 0 Å². The van der Waals surface area contributed by atoms with Crippen LogP contribution in [0.25, 0.3) is 0 Å². The summed E-state index contributed by atoms with van der Waals surface area (Å²) in [5.41, 5.74) is -0.0298. The lowest BCUT2D eigenvalue weighted by Gasteiger charge is -2.15. The van der Waals surface area contributed by atoms with Gasteiger partial charge in [0.1, 0.15) is 0 Å². The van der Waals surface area contributed by atoms with E-state index in [1.165, 1.54) is 12.1 Å². The zero-order chi connectivity index (χ0) is 12.0. The minimum atomic E-state index is -2.90. The van der Waals surface area contributed by atoms with Crippen LogP contribution in [0.1, 0.15) is 12.0 Å². The van der Waals surface area contributed by atoms with Gasteiger partial charge in [-0.2, -0.15) is 11.8 Å². The molecule has 0 radical (unpaired) electrons. The van der Waals surface area contributed by atoms with Gasteiger partial charge in [-0.25, -0.2) is 8.78 Å². The van der Waals surface area contributed by atoms with Gasteiger partial charge in [0, 0.05) is 11.3 Å². The molecular weight excluding hydrogens is 234 g/mol. The van der Waals surface area contributed by atoms with E-state index in [-0.39, 0.29) is 23.5 Å². The standard InChI is InChI=1S/C11H12F2O2S/c12-11(13,8-16-7-6-10(14)15)9-4-2-1-3-5-9/h1-5H,6-8H2,(H,14,15). The molecule has 88 valence electrons. The molecule has 0 aliphatic carbocycles. The topological polar surface area (TPSA) is 37.3 Å². The van der Waals surface area contributed by atoms with Crippen molar-refractivity contribution in [1.29, 1.82) is 0 Å². The van der Waals surface area contributed by atoms with Crippen molar-refractivity contribution >= 4 is 17.7 Å². The maximum atomic E-state index is 13.5. The molecule has 5 heteroatoms. The highest BCUT2D eigenvalue weighted by Gasteiger charge is 2.30. The Bertz CT molecular complexity index is 341. The summed E-state index contributed by atoms with van der Waals surface area (Å²) < 4.78 is 27.0. The van der Waals surface area contributed by atoms with Gasteiger partial charge in [-0.05, 0) is 0 Å². The van der Waals surface area contributed by atoms with Crippen LogP contribution < -0.4 is 0 Å². The van der Waals surface area contributed by atoms with Crippen molar-refractivity contribution < 1.29 is 18.7 Å². The normalized spacial score (nSPS) is 11.4. The predicted octanol–water partition coefficient (Wildman–Crippen LogP) is 2.99. The van der Waals surface area contributed by atoms with Gasteiger partial charge in [-0.1, -0.05) is 30.3 Å². The third kappa shape index (κ3) is 4.18. The summed E-state index contributed by atoms with van der Waals surface area (Å²) in [5, 5.41) is 8.36. The van der Waals surface area contributed by atoms with E-state index in [1.807, 2.05) is 0 Å². The van der Waals surface area contributed by atoms with Crippen LogP contribution in [0.3, 0.4) is 0 Å². The number of benzene rings is 1. The van der Waals surface area contributed by atoms with Crippen LogP contribution in [-0.4, -0.2) is 22.6 Å². The average Bonchev–Trinajstić information content (AvgIpc) is 2.26. The molecule has 1 rings (SSSR count). The van der Waals surface area contributed by atoms with Crippen LogP contribution >= 0.6 is 11.8 Å². The lowest BCUT2D eigenvalue weighted by molar-refractivity contribution is -0.136. The fraction of sp³-hybridized carbons (Fsp3) is 0.364. The third-order valence-corrected chi connectivity index (χ3v) is 3.00. The summed E-state index contributed by atoms with van der Waals surface area (Å²) in [4.78, 5) is 10.2. The van der Waals surface area contributed by atoms with E-state index < -0.39 is 11.9 Å². The van der Waals surface area contributed by atoms with Gasteiger partial charge < -0.3 is 5.11 Å². The Kier molecular flexibility index (Phi) is 4.73. The Morgan fingerprint density at radius 2 is 1.94 bits per heavy atom. The second-order valence-electron chi connectivity index (χ2n) is 3.27. The number of carbonyl (C=O) groups is 1. The van der Waals surface area contributed by atoms with Gasteiger partial charge >= 0.3 is 5.97 Å². The SMILES string of the molecule is O=C(O)CCSCC(F)(F)c1ccccc1. The molecule has 0 aromatic heterocycles. The van der Waals surface area contributed by atoms with Crippen LogP contribution in [0.4, 0.5) is 8.78 Å². The number of hydrogen-bond donors (Lipinski definition) is 1. The van der Waals surface area contributed by atoms with Crippen LogP contribution in [0.15, 0.2) is 30.3 Å². The molecule has 0 amide bonds. The third-order valence-electron chi connectivity index (χ3n) is 1.94. The van der Waals surface area contributed by atoms with Crippen molar-refractivity contribution in [2.75, 3.05) is 11.5 Å². The van der Waals surface area contributed by atoms with Crippen molar-refractivity contribution in [3.8, 4) is 0 Å². The molecule has 0 fully saturated rings. The van der Waals surface area contributed by atoms with Crippen LogP contribution in [0.2, 0.25) is 0 Å². The maximum Gasteiger partial charge on any atom is 0.304 e. The zero-order valence-electron chi connectivity index (χ0n) is 8.53. The molecule has 1 aromatic rings. The molecule has 0 unspecified atom stereocenters. The lowest BCUT2D eigenvalue weighted by Crippen LogP contribution is -2.17. The summed E-state index contributed by atoms with van der Waals surface area (Å²) in [6.45, 7) is 0. The number of rotatable bonds is 6. The monoisotopic (exact) mass is 246 g/mol. The van der Waals surface area contributed by atoms with Crippen molar-refractivity contribution in [2.45, 2.75) is 12.3 Å². The smallest absolute Gasteiger partial charge is 0.304 e. The van der Waals surface area contributed by atoms with Crippen molar-refractivity contribution in [2.24, 2.45) is 0 Å². The Hall–Kier alpha value is -1.10. The first-order valence-corrected chi connectivity index (χ1v) is 5.91. The van der Waals surface area contributed by atoms with Gasteiger partial charge in [0.05, 0.1) is 12.2 Å². The summed E-state index contributed by atoms with van der Waals surface area (Å²) >= 11 is 0.953. The van der Waals surface area contributed by atoms with Gasteiger partial charge in [-0.3, -0.25) is 4.79 Å². The molecule has 0 saturated carbocycles. The highest BCUT2D eigenvalue weighted by molar-refractivity contribution is 7.99. The number of halogens is 2. The summed E-state index contributed by atoms with van der Waals surface area (Å²) in [6, 6.07) is 7.54. The molecule has 0 bridgehead atoms. The molecule has 0 heterocycles. The number of aliphatic carboxylic acids is 1. The minimum Gasteiger partial charge on any atom is -0.481 e. The molecule has 1 N–H and O–H groups in total. The van der Waals surface area contributed by atoms with Crippen LogP contribution in [0.5, 0.6) is 0 Å². The number of carboxylic acids is 1. The zero-order valence-corrected chi connectivity index (χ0v) is 9.34. The first-order chi connectivity index (χ1) is 7.52. The van der Waals surface area contributed by atoms with Crippen molar-refractivity contribution in [3.63, 3.8) is 0 Å². The molecule has 0 aliphatic rings. The molecular formula is C11H12F2O2S. The average molecular weight is 246 g/mol. The van der Waals surface area contributed by atoms with Gasteiger partial charge in [0.25, 0.3) is 5.92 Å². The van der Waals surface area contributed by atoms with Crippen molar-refractivity contribution in [1.82, 2.24) is 0 Å². The number of hydrogen-bond acceptors (Lipinski definition) is 2. The predicted molar refractivity (Wildman–Crippen MR) is 59.9 cm³/mol. The van der Waals surface area contributed by atoms with Crippen LogP contribution in [0, 0.1) is 0 Å². The quantitative estimate of drug-likeness (QED) is 0.784. The molecule has 0 spiro atoms.